The Labute approximate surface area is 92.3 Å². The average molecular weight is 273 g/mol. The summed E-state index contributed by atoms with van der Waals surface area (Å²) in [5.41, 5.74) is -0.262. The largest absolute Gasteiger partial charge is 0.504 e. The number of rotatable bonds is 0. The topological polar surface area (TPSA) is 50.4 Å². The zero-order valence-corrected chi connectivity index (χ0v) is 9.26. The van der Waals surface area contributed by atoms with E-state index in [1.165, 1.54) is 12.1 Å². The number of benzene rings is 1. The van der Waals surface area contributed by atoms with Gasteiger partial charge >= 0.3 is 5.63 Å². The van der Waals surface area contributed by atoms with Crippen LogP contribution >= 0.6 is 15.9 Å². The second-order valence-electron chi connectivity index (χ2n) is 3.15. The van der Waals surface area contributed by atoms with Crippen LogP contribution in [0.5, 0.6) is 5.75 Å². The molecule has 5 heteroatoms. The van der Waals surface area contributed by atoms with Gasteiger partial charge in [-0.2, -0.15) is 4.39 Å². The molecule has 0 saturated heterocycles. The van der Waals surface area contributed by atoms with Crippen LogP contribution in [0.3, 0.4) is 0 Å². The third-order valence-electron chi connectivity index (χ3n) is 2.11. The highest BCUT2D eigenvalue weighted by molar-refractivity contribution is 9.10. The molecule has 0 aliphatic heterocycles. The Morgan fingerprint density at radius 1 is 1.47 bits per heavy atom. The number of phenolic OH excluding ortho intramolecular Hbond substituents is 1. The molecule has 1 aromatic heterocycles. The van der Waals surface area contributed by atoms with E-state index in [0.717, 1.165) is 0 Å². The van der Waals surface area contributed by atoms with Gasteiger partial charge in [-0.1, -0.05) is 0 Å². The molecule has 0 unspecified atom stereocenters. The Bertz CT molecular complexity index is 604. The van der Waals surface area contributed by atoms with Crippen molar-refractivity contribution in [3.8, 4) is 5.75 Å². The zero-order chi connectivity index (χ0) is 11.2. The first kappa shape index (κ1) is 10.2. The van der Waals surface area contributed by atoms with Gasteiger partial charge in [-0.05, 0) is 34.5 Å². The highest BCUT2D eigenvalue weighted by Crippen LogP contribution is 2.33. The number of aryl methyl sites for hydroxylation is 1. The lowest BCUT2D eigenvalue weighted by atomic mass is 10.1. The van der Waals surface area contributed by atoms with E-state index >= 15 is 0 Å². The number of phenols is 1. The maximum Gasteiger partial charge on any atom is 0.336 e. The van der Waals surface area contributed by atoms with Crippen LogP contribution in [-0.4, -0.2) is 5.11 Å². The number of halogens is 2. The Balaban J connectivity index is 3.05. The summed E-state index contributed by atoms with van der Waals surface area (Å²) in [6.45, 7) is 1.67. The third-order valence-corrected chi connectivity index (χ3v) is 2.72. The van der Waals surface area contributed by atoms with E-state index in [1.807, 2.05) is 0 Å². The van der Waals surface area contributed by atoms with Gasteiger partial charge in [-0.3, -0.25) is 0 Å². The third kappa shape index (κ3) is 1.52. The lowest BCUT2D eigenvalue weighted by Crippen LogP contribution is -1.99. The minimum Gasteiger partial charge on any atom is -0.504 e. The minimum atomic E-state index is -0.930. The second-order valence-corrected chi connectivity index (χ2v) is 4.00. The Morgan fingerprint density at radius 3 is 2.80 bits per heavy atom. The molecule has 78 valence electrons. The summed E-state index contributed by atoms with van der Waals surface area (Å²) < 4.78 is 18.4. The van der Waals surface area contributed by atoms with E-state index in [-0.39, 0.29) is 10.1 Å². The molecule has 0 saturated carbocycles. The molecule has 0 atom stereocenters. The van der Waals surface area contributed by atoms with E-state index in [1.54, 1.807) is 6.92 Å². The van der Waals surface area contributed by atoms with Crippen LogP contribution < -0.4 is 5.63 Å². The molecule has 0 aliphatic carbocycles. The molecule has 15 heavy (non-hydrogen) atoms. The molecular weight excluding hydrogens is 267 g/mol. The molecule has 1 N–H and O–H groups in total. The number of fused-ring (bicyclic) bond motifs is 1. The van der Waals surface area contributed by atoms with Crippen LogP contribution in [0, 0.1) is 12.7 Å². The van der Waals surface area contributed by atoms with Crippen molar-refractivity contribution in [3.05, 3.63) is 38.4 Å². The van der Waals surface area contributed by atoms with Crippen molar-refractivity contribution in [2.45, 2.75) is 6.92 Å². The summed E-state index contributed by atoms with van der Waals surface area (Å²) in [5, 5.41) is 9.76. The second kappa shape index (κ2) is 3.34. The van der Waals surface area contributed by atoms with E-state index in [2.05, 4.69) is 15.9 Å². The Kier molecular flexibility index (Phi) is 2.26. The molecule has 2 aromatic rings. The fraction of sp³-hybridized carbons (Fsp3) is 0.100. The van der Waals surface area contributed by atoms with Gasteiger partial charge in [0.25, 0.3) is 0 Å². The molecule has 1 heterocycles. The first-order valence-electron chi connectivity index (χ1n) is 4.12. The molecule has 0 spiro atoms. The van der Waals surface area contributed by atoms with Gasteiger partial charge in [0.1, 0.15) is 0 Å². The van der Waals surface area contributed by atoms with Crippen LogP contribution in [0.2, 0.25) is 0 Å². The van der Waals surface area contributed by atoms with Gasteiger partial charge in [-0.25, -0.2) is 4.79 Å². The Morgan fingerprint density at radius 2 is 2.13 bits per heavy atom. The maximum atomic E-state index is 13.5. The number of hydrogen-bond donors (Lipinski definition) is 1. The number of aromatic hydroxyl groups is 1. The molecule has 3 nitrogen and oxygen atoms in total. The van der Waals surface area contributed by atoms with Crippen molar-refractivity contribution in [2.75, 3.05) is 0 Å². The lowest BCUT2D eigenvalue weighted by molar-refractivity contribution is 0.422. The molecule has 0 bridgehead atoms. The maximum absolute atomic E-state index is 13.5. The normalized spacial score (nSPS) is 10.9. The summed E-state index contributed by atoms with van der Waals surface area (Å²) in [6, 6.07) is 2.78. The summed E-state index contributed by atoms with van der Waals surface area (Å²) in [5.74, 6) is -1.49. The van der Waals surface area contributed by atoms with Crippen molar-refractivity contribution in [2.24, 2.45) is 0 Å². The van der Waals surface area contributed by atoms with Crippen LogP contribution in [-0.2, 0) is 0 Å². The van der Waals surface area contributed by atoms with Crippen molar-refractivity contribution in [1.82, 2.24) is 0 Å². The summed E-state index contributed by atoms with van der Waals surface area (Å²) >= 11 is 3.01. The highest BCUT2D eigenvalue weighted by Gasteiger charge is 2.14. The lowest BCUT2D eigenvalue weighted by Gasteiger charge is -2.04. The van der Waals surface area contributed by atoms with E-state index < -0.39 is 17.2 Å². The minimum absolute atomic E-state index is 0.222. The highest BCUT2D eigenvalue weighted by atomic mass is 79.9. The van der Waals surface area contributed by atoms with E-state index in [9.17, 15) is 14.3 Å². The SMILES string of the molecule is Cc1cc(=O)oc2c(F)c(O)c(Br)cc12. The van der Waals surface area contributed by atoms with Crippen molar-refractivity contribution in [3.63, 3.8) is 0 Å². The van der Waals surface area contributed by atoms with Crippen LogP contribution in [0.1, 0.15) is 5.56 Å². The fourth-order valence-corrected chi connectivity index (χ4v) is 1.77. The van der Waals surface area contributed by atoms with E-state index in [0.29, 0.717) is 10.9 Å². The van der Waals surface area contributed by atoms with Gasteiger partial charge < -0.3 is 9.52 Å². The molecule has 1 aromatic carbocycles. The predicted molar refractivity (Wildman–Crippen MR) is 56.5 cm³/mol. The summed E-state index contributed by atoms with van der Waals surface area (Å²) in [7, 11) is 0. The first-order valence-corrected chi connectivity index (χ1v) is 4.91. The van der Waals surface area contributed by atoms with Gasteiger partial charge in [0.05, 0.1) is 4.47 Å². The van der Waals surface area contributed by atoms with Crippen LogP contribution in [0.4, 0.5) is 4.39 Å². The van der Waals surface area contributed by atoms with Crippen LogP contribution in [0.15, 0.2) is 25.8 Å². The van der Waals surface area contributed by atoms with Crippen molar-refractivity contribution in [1.29, 1.82) is 0 Å². The molecule has 0 aliphatic rings. The molecule has 0 fully saturated rings. The van der Waals surface area contributed by atoms with E-state index in [4.69, 9.17) is 4.42 Å². The zero-order valence-electron chi connectivity index (χ0n) is 7.67. The summed E-state index contributed by atoms with van der Waals surface area (Å²) in [6.07, 6.45) is 0. The number of hydrogen-bond acceptors (Lipinski definition) is 3. The fourth-order valence-electron chi connectivity index (χ4n) is 1.37. The van der Waals surface area contributed by atoms with Gasteiger partial charge in [0.2, 0.25) is 5.82 Å². The monoisotopic (exact) mass is 272 g/mol. The van der Waals surface area contributed by atoms with Crippen LogP contribution in [0.25, 0.3) is 11.0 Å². The molecular formula is C10H6BrFO3. The van der Waals surface area contributed by atoms with Gasteiger partial charge in [0.15, 0.2) is 11.3 Å². The standard InChI is InChI=1S/C10H6BrFO3/c1-4-2-7(13)15-10-5(4)3-6(11)9(14)8(10)12/h2-3,14H,1H3. The molecule has 0 amide bonds. The molecule has 0 radical (unpaired) electrons. The van der Waals surface area contributed by atoms with Crippen molar-refractivity contribution >= 4 is 26.9 Å². The predicted octanol–water partition coefficient (Wildman–Crippen LogP) is 2.71. The van der Waals surface area contributed by atoms with Gasteiger partial charge in [0, 0.05) is 11.5 Å². The summed E-state index contributed by atoms with van der Waals surface area (Å²) in [4.78, 5) is 11.0. The van der Waals surface area contributed by atoms with Gasteiger partial charge in [-0.15, -0.1) is 0 Å². The smallest absolute Gasteiger partial charge is 0.336 e. The van der Waals surface area contributed by atoms with Crippen molar-refractivity contribution < 1.29 is 13.9 Å². The molecule has 2 rings (SSSR count). The first-order chi connectivity index (χ1) is 7.00. The quantitative estimate of drug-likeness (QED) is 0.751. The average Bonchev–Trinajstić information content (AvgIpc) is 2.17. The Hall–Kier alpha value is -1.36.